The fraction of sp³-hybridized carbons (Fsp3) is 0.562. The minimum absolute atomic E-state index is 0.213. The summed E-state index contributed by atoms with van der Waals surface area (Å²) in [6, 6.07) is 5.70. The van der Waals surface area contributed by atoms with E-state index in [1.54, 1.807) is 0 Å². The molecule has 0 bridgehead atoms. The molecule has 3 heteroatoms. The van der Waals surface area contributed by atoms with Gasteiger partial charge in [-0.05, 0) is 43.2 Å². The van der Waals surface area contributed by atoms with Gasteiger partial charge in [-0.2, -0.15) is 0 Å². The molecule has 104 valence electrons. The Kier molecular flexibility index (Phi) is 4.13. The highest BCUT2D eigenvalue weighted by molar-refractivity contribution is 5.79. The third-order valence-corrected chi connectivity index (χ3v) is 4.29. The largest absolute Gasteiger partial charge is 0.481 e. The van der Waals surface area contributed by atoms with Gasteiger partial charge in [-0.25, -0.2) is 0 Å². The van der Waals surface area contributed by atoms with Crippen LogP contribution >= 0.6 is 0 Å². The first kappa shape index (κ1) is 13.9. The molecule has 1 aliphatic rings. The van der Waals surface area contributed by atoms with Crippen molar-refractivity contribution in [2.75, 3.05) is 5.73 Å². The van der Waals surface area contributed by atoms with E-state index in [-0.39, 0.29) is 5.92 Å². The molecule has 0 radical (unpaired) electrons. The van der Waals surface area contributed by atoms with Crippen LogP contribution in [0, 0.1) is 18.8 Å². The number of nitrogen functional groups attached to an aromatic ring is 1. The van der Waals surface area contributed by atoms with Crippen molar-refractivity contribution in [3.63, 3.8) is 0 Å². The van der Waals surface area contributed by atoms with Crippen LogP contribution in [0.15, 0.2) is 18.2 Å². The predicted molar refractivity (Wildman–Crippen MR) is 77.1 cm³/mol. The second-order valence-electron chi connectivity index (χ2n) is 5.98. The predicted octanol–water partition coefficient (Wildman–Crippen LogP) is 3.57. The minimum atomic E-state index is -0.739. The Labute approximate surface area is 114 Å². The lowest BCUT2D eigenvalue weighted by atomic mass is 9.73. The maximum absolute atomic E-state index is 11.7. The van der Waals surface area contributed by atoms with Crippen molar-refractivity contribution in [1.82, 2.24) is 0 Å². The normalized spacial score (nSPS) is 24.9. The third-order valence-electron chi connectivity index (χ3n) is 4.29. The van der Waals surface area contributed by atoms with E-state index in [0.717, 1.165) is 30.4 Å². The molecule has 1 aliphatic carbocycles. The molecule has 0 spiro atoms. The molecule has 0 saturated heterocycles. The number of anilines is 1. The van der Waals surface area contributed by atoms with Crippen LogP contribution in [0.4, 0.5) is 5.69 Å². The molecule has 2 rings (SSSR count). The first-order valence-electron chi connectivity index (χ1n) is 7.08. The van der Waals surface area contributed by atoms with Crippen molar-refractivity contribution in [3.8, 4) is 0 Å². The van der Waals surface area contributed by atoms with Gasteiger partial charge in [-0.1, -0.05) is 37.5 Å². The second kappa shape index (κ2) is 5.64. The number of carboxylic acid groups (broad SMARTS) is 1. The van der Waals surface area contributed by atoms with E-state index in [2.05, 4.69) is 6.92 Å². The molecule has 19 heavy (non-hydrogen) atoms. The third kappa shape index (κ3) is 3.09. The van der Waals surface area contributed by atoms with E-state index < -0.39 is 11.9 Å². The fourth-order valence-corrected chi connectivity index (χ4v) is 3.34. The molecule has 3 N–H and O–H groups in total. The first-order chi connectivity index (χ1) is 8.99. The summed E-state index contributed by atoms with van der Waals surface area (Å²) in [7, 11) is 0. The second-order valence-corrected chi connectivity index (χ2v) is 5.98. The van der Waals surface area contributed by atoms with Gasteiger partial charge in [-0.3, -0.25) is 4.79 Å². The van der Waals surface area contributed by atoms with Gasteiger partial charge in [0.1, 0.15) is 0 Å². The van der Waals surface area contributed by atoms with E-state index >= 15 is 0 Å². The quantitative estimate of drug-likeness (QED) is 0.817. The number of rotatable bonds is 3. The van der Waals surface area contributed by atoms with Gasteiger partial charge in [-0.15, -0.1) is 0 Å². The average Bonchev–Trinajstić information content (AvgIpc) is 2.33. The van der Waals surface area contributed by atoms with E-state index in [1.807, 2.05) is 25.1 Å². The van der Waals surface area contributed by atoms with Crippen molar-refractivity contribution in [1.29, 1.82) is 0 Å². The number of hydrogen-bond donors (Lipinski definition) is 2. The van der Waals surface area contributed by atoms with Gasteiger partial charge in [0.25, 0.3) is 0 Å². The van der Waals surface area contributed by atoms with Gasteiger partial charge >= 0.3 is 5.97 Å². The summed E-state index contributed by atoms with van der Waals surface area (Å²) in [6.45, 7) is 4.19. The van der Waals surface area contributed by atoms with E-state index in [4.69, 9.17) is 5.73 Å². The number of aliphatic carboxylic acids is 1. The van der Waals surface area contributed by atoms with Crippen LogP contribution in [0.25, 0.3) is 0 Å². The molecule has 0 heterocycles. The molecule has 0 aliphatic heterocycles. The Bertz CT molecular complexity index is 470. The summed E-state index contributed by atoms with van der Waals surface area (Å²) in [5.41, 5.74) is 8.48. The van der Waals surface area contributed by atoms with Crippen LogP contribution in [0.1, 0.15) is 49.7 Å². The van der Waals surface area contributed by atoms with E-state index in [0.29, 0.717) is 11.6 Å². The molecule has 3 unspecified atom stereocenters. The molecule has 1 aromatic carbocycles. The van der Waals surface area contributed by atoms with Crippen molar-refractivity contribution in [2.45, 2.75) is 45.4 Å². The Balaban J connectivity index is 2.34. The number of aryl methyl sites for hydroxylation is 1. The Morgan fingerprint density at radius 1 is 1.42 bits per heavy atom. The van der Waals surface area contributed by atoms with Crippen molar-refractivity contribution in [3.05, 3.63) is 29.3 Å². The fourth-order valence-electron chi connectivity index (χ4n) is 3.34. The van der Waals surface area contributed by atoms with E-state index in [1.165, 1.54) is 6.42 Å². The maximum atomic E-state index is 11.7. The van der Waals surface area contributed by atoms with Crippen LogP contribution in [0.3, 0.4) is 0 Å². The van der Waals surface area contributed by atoms with Gasteiger partial charge in [0.05, 0.1) is 5.92 Å². The Morgan fingerprint density at radius 3 is 2.79 bits per heavy atom. The lowest BCUT2D eigenvalue weighted by molar-refractivity contribution is -0.140. The molecule has 1 aromatic rings. The zero-order valence-electron chi connectivity index (χ0n) is 11.7. The van der Waals surface area contributed by atoms with E-state index in [9.17, 15) is 9.90 Å². The molecule has 1 saturated carbocycles. The highest BCUT2D eigenvalue weighted by Crippen LogP contribution is 2.40. The molecule has 3 nitrogen and oxygen atoms in total. The van der Waals surface area contributed by atoms with Crippen LogP contribution in [0.5, 0.6) is 0 Å². The number of benzene rings is 1. The summed E-state index contributed by atoms with van der Waals surface area (Å²) in [5.74, 6) is -0.365. The van der Waals surface area contributed by atoms with Crippen LogP contribution in [-0.4, -0.2) is 11.1 Å². The Morgan fingerprint density at radius 2 is 2.16 bits per heavy atom. The lowest BCUT2D eigenvalue weighted by Crippen LogP contribution is -2.27. The summed E-state index contributed by atoms with van der Waals surface area (Å²) in [5, 5.41) is 9.62. The summed E-state index contributed by atoms with van der Waals surface area (Å²) < 4.78 is 0. The summed E-state index contributed by atoms with van der Waals surface area (Å²) in [4.78, 5) is 11.7. The zero-order valence-corrected chi connectivity index (χ0v) is 11.7. The number of carboxylic acids is 1. The van der Waals surface area contributed by atoms with Crippen LogP contribution in [-0.2, 0) is 4.79 Å². The van der Waals surface area contributed by atoms with Gasteiger partial charge in [0.2, 0.25) is 0 Å². The SMILES string of the molecule is Cc1ccc(N)c(C(C(=O)O)C2CCCC(C)C2)c1. The molecule has 0 amide bonds. The smallest absolute Gasteiger partial charge is 0.311 e. The van der Waals surface area contributed by atoms with Gasteiger partial charge in [0, 0.05) is 5.69 Å². The summed E-state index contributed by atoms with van der Waals surface area (Å²) >= 11 is 0. The van der Waals surface area contributed by atoms with Crippen LogP contribution < -0.4 is 5.73 Å². The van der Waals surface area contributed by atoms with Crippen molar-refractivity contribution in [2.24, 2.45) is 11.8 Å². The van der Waals surface area contributed by atoms with Gasteiger partial charge in [0.15, 0.2) is 0 Å². The van der Waals surface area contributed by atoms with Crippen LogP contribution in [0.2, 0.25) is 0 Å². The number of carbonyl (C=O) groups is 1. The molecule has 0 aromatic heterocycles. The maximum Gasteiger partial charge on any atom is 0.311 e. The first-order valence-corrected chi connectivity index (χ1v) is 7.08. The average molecular weight is 261 g/mol. The lowest BCUT2D eigenvalue weighted by Gasteiger charge is -2.32. The minimum Gasteiger partial charge on any atom is -0.481 e. The molecular weight excluding hydrogens is 238 g/mol. The van der Waals surface area contributed by atoms with Gasteiger partial charge < -0.3 is 10.8 Å². The van der Waals surface area contributed by atoms with Crippen molar-refractivity contribution >= 4 is 11.7 Å². The molecular formula is C16H23NO2. The highest BCUT2D eigenvalue weighted by atomic mass is 16.4. The number of hydrogen-bond acceptors (Lipinski definition) is 2. The van der Waals surface area contributed by atoms with Crippen molar-refractivity contribution < 1.29 is 9.90 Å². The molecule has 3 atom stereocenters. The Hall–Kier alpha value is -1.51. The zero-order chi connectivity index (χ0) is 14.0. The topological polar surface area (TPSA) is 63.3 Å². The molecule has 1 fully saturated rings. The number of nitrogens with two attached hydrogens (primary N) is 1. The summed E-state index contributed by atoms with van der Waals surface area (Å²) in [6.07, 6.45) is 4.33. The highest BCUT2D eigenvalue weighted by Gasteiger charge is 2.33. The monoisotopic (exact) mass is 261 g/mol. The standard InChI is InChI=1S/C16H23NO2/c1-10-4-3-5-12(8-10)15(16(18)19)13-9-11(2)6-7-14(13)17/h6-7,9-10,12,15H,3-5,8,17H2,1-2H3,(H,18,19).